The molecule has 158 valence electrons. The summed E-state index contributed by atoms with van der Waals surface area (Å²) in [4.78, 5) is 2.32. The minimum absolute atomic E-state index is 0.271. The van der Waals surface area contributed by atoms with E-state index in [1.54, 1.807) is 13.2 Å². The van der Waals surface area contributed by atoms with Gasteiger partial charge in [-0.15, -0.1) is 0 Å². The van der Waals surface area contributed by atoms with Crippen LogP contribution in [0.4, 0.5) is 4.39 Å². The van der Waals surface area contributed by atoms with Crippen molar-refractivity contribution >= 4 is 0 Å². The smallest absolute Gasteiger partial charge is 0.123 e. The Hall–Kier alpha value is -1.95. The van der Waals surface area contributed by atoms with Crippen LogP contribution in [-0.2, 0) is 17.7 Å². The molecule has 29 heavy (non-hydrogen) atoms. The molecule has 1 saturated heterocycles. The normalized spacial score (nSPS) is 19.9. The average Bonchev–Trinajstić information content (AvgIpc) is 2.68. The molecule has 0 spiro atoms. The molecule has 3 rings (SSSR count). The minimum Gasteiger partial charge on any atom is -0.496 e. The molecule has 0 aromatic heterocycles. The predicted octanol–water partition coefficient (Wildman–Crippen LogP) is 4.06. The van der Waals surface area contributed by atoms with E-state index < -0.39 is 5.60 Å². The largest absolute Gasteiger partial charge is 0.496 e. The van der Waals surface area contributed by atoms with E-state index in [0.717, 1.165) is 13.1 Å². The van der Waals surface area contributed by atoms with Crippen LogP contribution in [-0.4, -0.2) is 48.5 Å². The fraction of sp³-hybridized carbons (Fsp3) is 0.500. The van der Waals surface area contributed by atoms with Gasteiger partial charge in [0, 0.05) is 26.1 Å². The highest BCUT2D eigenvalue weighted by Crippen LogP contribution is 2.33. The van der Waals surface area contributed by atoms with Crippen LogP contribution in [0, 0.1) is 11.7 Å². The van der Waals surface area contributed by atoms with E-state index in [2.05, 4.69) is 30.9 Å². The lowest BCUT2D eigenvalue weighted by Crippen LogP contribution is -2.56. The van der Waals surface area contributed by atoms with Gasteiger partial charge in [0.15, 0.2) is 0 Å². The Bertz CT molecular complexity index is 783. The number of halogens is 1. The molecule has 0 bridgehead atoms. The summed E-state index contributed by atoms with van der Waals surface area (Å²) in [7, 11) is 1.57. The number of morpholine rings is 1. The van der Waals surface area contributed by atoms with Crippen molar-refractivity contribution in [3.63, 3.8) is 0 Å². The van der Waals surface area contributed by atoms with E-state index in [9.17, 15) is 9.50 Å². The van der Waals surface area contributed by atoms with Gasteiger partial charge in [0.2, 0.25) is 0 Å². The van der Waals surface area contributed by atoms with Crippen molar-refractivity contribution < 1.29 is 19.0 Å². The third-order valence-corrected chi connectivity index (χ3v) is 5.50. The van der Waals surface area contributed by atoms with Gasteiger partial charge in [-0.05, 0) is 41.7 Å². The van der Waals surface area contributed by atoms with Gasteiger partial charge in [0.1, 0.15) is 11.6 Å². The molecule has 0 amide bonds. The van der Waals surface area contributed by atoms with E-state index in [-0.39, 0.29) is 24.3 Å². The number of aliphatic hydroxyl groups is 1. The monoisotopic (exact) mass is 401 g/mol. The molecule has 1 heterocycles. The summed E-state index contributed by atoms with van der Waals surface area (Å²) in [6.07, 6.45) is 0.502. The van der Waals surface area contributed by atoms with Gasteiger partial charge in [-0.1, -0.05) is 44.2 Å². The molecule has 1 aliphatic heterocycles. The molecule has 2 atom stereocenters. The Morgan fingerprint density at radius 1 is 1.24 bits per heavy atom. The lowest BCUT2D eigenvalue weighted by atomic mass is 9.81. The molecule has 1 fully saturated rings. The Morgan fingerprint density at radius 2 is 2.00 bits per heavy atom. The van der Waals surface area contributed by atoms with Crippen LogP contribution in [0.5, 0.6) is 5.75 Å². The van der Waals surface area contributed by atoms with Crippen LogP contribution < -0.4 is 4.74 Å². The molecule has 1 N–H and O–H groups in total. The van der Waals surface area contributed by atoms with Gasteiger partial charge in [0.25, 0.3) is 0 Å². The van der Waals surface area contributed by atoms with Crippen molar-refractivity contribution in [1.29, 1.82) is 0 Å². The first-order valence-corrected chi connectivity index (χ1v) is 10.3. The fourth-order valence-corrected chi connectivity index (χ4v) is 4.25. The highest BCUT2D eigenvalue weighted by molar-refractivity contribution is 5.35. The van der Waals surface area contributed by atoms with Crippen LogP contribution >= 0.6 is 0 Å². The first-order chi connectivity index (χ1) is 13.9. The third-order valence-electron chi connectivity index (χ3n) is 5.50. The number of methoxy groups -OCH3 is 1. The SMILES string of the molecule is COc1ccc(F)cc1CC(O)(CC(C)C)C1CN(Cc2ccccc2)CCO1. The molecule has 2 unspecified atom stereocenters. The summed E-state index contributed by atoms with van der Waals surface area (Å²) in [5, 5.41) is 11.7. The topological polar surface area (TPSA) is 41.9 Å². The summed E-state index contributed by atoms with van der Waals surface area (Å²) in [6.45, 7) is 7.01. The second-order valence-corrected chi connectivity index (χ2v) is 8.41. The van der Waals surface area contributed by atoms with Gasteiger partial charge < -0.3 is 14.6 Å². The zero-order valence-corrected chi connectivity index (χ0v) is 17.6. The van der Waals surface area contributed by atoms with Crippen molar-refractivity contribution in [2.45, 2.75) is 44.9 Å². The van der Waals surface area contributed by atoms with Crippen LogP contribution in [0.15, 0.2) is 48.5 Å². The summed E-state index contributed by atoms with van der Waals surface area (Å²) < 4.78 is 25.4. The number of nitrogens with zero attached hydrogens (tertiary/aromatic N) is 1. The Morgan fingerprint density at radius 3 is 2.69 bits per heavy atom. The average molecular weight is 402 g/mol. The Labute approximate surface area is 173 Å². The first-order valence-electron chi connectivity index (χ1n) is 10.3. The van der Waals surface area contributed by atoms with E-state index in [1.807, 2.05) is 18.2 Å². The number of benzene rings is 2. The minimum atomic E-state index is -1.11. The molecule has 2 aromatic rings. The maximum atomic E-state index is 13.9. The zero-order valence-electron chi connectivity index (χ0n) is 17.6. The van der Waals surface area contributed by atoms with E-state index in [0.29, 0.717) is 30.9 Å². The fourth-order valence-electron chi connectivity index (χ4n) is 4.25. The number of ether oxygens (including phenoxy) is 2. The van der Waals surface area contributed by atoms with Crippen LogP contribution in [0.1, 0.15) is 31.4 Å². The van der Waals surface area contributed by atoms with Gasteiger partial charge in [-0.2, -0.15) is 0 Å². The molecular weight excluding hydrogens is 369 g/mol. The highest BCUT2D eigenvalue weighted by Gasteiger charge is 2.41. The lowest BCUT2D eigenvalue weighted by molar-refractivity contribution is -0.151. The maximum absolute atomic E-state index is 13.9. The van der Waals surface area contributed by atoms with Gasteiger partial charge >= 0.3 is 0 Å². The summed E-state index contributed by atoms with van der Waals surface area (Å²) in [6, 6.07) is 14.8. The van der Waals surface area contributed by atoms with Crippen LogP contribution in [0.2, 0.25) is 0 Å². The van der Waals surface area contributed by atoms with Crippen molar-refractivity contribution in [2.24, 2.45) is 5.92 Å². The Balaban J connectivity index is 1.80. The van der Waals surface area contributed by atoms with E-state index >= 15 is 0 Å². The summed E-state index contributed by atoms with van der Waals surface area (Å²) in [5.41, 5.74) is 0.803. The van der Waals surface area contributed by atoms with Crippen molar-refractivity contribution in [1.82, 2.24) is 4.90 Å². The standard InChI is InChI=1S/C24H32FNO3/c1-18(2)14-24(27,15-20-13-21(25)9-10-22(20)28-3)23-17-26(11-12-29-23)16-19-7-5-4-6-8-19/h4-10,13,18,23,27H,11-12,14-17H2,1-3H3. The van der Waals surface area contributed by atoms with Gasteiger partial charge in [-0.25, -0.2) is 4.39 Å². The van der Waals surface area contributed by atoms with Gasteiger partial charge in [0.05, 0.1) is 25.4 Å². The van der Waals surface area contributed by atoms with E-state index in [1.165, 1.54) is 17.7 Å². The zero-order chi connectivity index (χ0) is 20.9. The lowest BCUT2D eigenvalue weighted by Gasteiger charge is -2.43. The second-order valence-electron chi connectivity index (χ2n) is 8.41. The number of hydrogen-bond acceptors (Lipinski definition) is 4. The van der Waals surface area contributed by atoms with Crippen molar-refractivity contribution in [3.8, 4) is 5.75 Å². The summed E-state index contributed by atoms with van der Waals surface area (Å²) in [5.74, 6) is 0.529. The first kappa shape index (κ1) is 21.8. The summed E-state index contributed by atoms with van der Waals surface area (Å²) >= 11 is 0. The van der Waals surface area contributed by atoms with Crippen LogP contribution in [0.25, 0.3) is 0 Å². The Kier molecular flexibility index (Phi) is 7.28. The molecule has 0 aliphatic carbocycles. The van der Waals surface area contributed by atoms with E-state index in [4.69, 9.17) is 9.47 Å². The van der Waals surface area contributed by atoms with Gasteiger partial charge in [-0.3, -0.25) is 4.90 Å². The quantitative estimate of drug-likeness (QED) is 0.725. The molecule has 0 saturated carbocycles. The molecule has 0 radical (unpaired) electrons. The molecule has 1 aliphatic rings. The molecular formula is C24H32FNO3. The number of rotatable bonds is 8. The molecule has 2 aromatic carbocycles. The maximum Gasteiger partial charge on any atom is 0.123 e. The second kappa shape index (κ2) is 9.70. The number of hydrogen-bond donors (Lipinski definition) is 1. The van der Waals surface area contributed by atoms with Crippen molar-refractivity contribution in [3.05, 3.63) is 65.5 Å². The van der Waals surface area contributed by atoms with Crippen molar-refractivity contribution in [2.75, 3.05) is 26.8 Å². The highest BCUT2D eigenvalue weighted by atomic mass is 19.1. The predicted molar refractivity (Wildman–Crippen MR) is 113 cm³/mol. The third kappa shape index (κ3) is 5.78. The molecule has 4 nitrogen and oxygen atoms in total. The molecule has 5 heteroatoms. The van der Waals surface area contributed by atoms with Crippen LogP contribution in [0.3, 0.4) is 0 Å².